The summed E-state index contributed by atoms with van der Waals surface area (Å²) in [4.78, 5) is 4.14. The van der Waals surface area contributed by atoms with Crippen molar-refractivity contribution in [2.24, 2.45) is 0 Å². The molecule has 1 heterocycles. The van der Waals surface area contributed by atoms with E-state index in [1.165, 1.54) is 12.1 Å². The number of sulfonamides is 1. The van der Waals surface area contributed by atoms with Crippen LogP contribution in [0.25, 0.3) is 11.4 Å². The van der Waals surface area contributed by atoms with Crippen LogP contribution in [-0.4, -0.2) is 30.9 Å². The maximum Gasteiger partial charge on any atom is 0.228 e. The molecule has 2 rings (SSSR count). The number of nitrogens with zero attached hydrogens (tertiary/aromatic N) is 2. The highest BCUT2D eigenvalue weighted by molar-refractivity contribution is 7.89. The summed E-state index contributed by atoms with van der Waals surface area (Å²) in [5.74, 6) is 0.431. The number of halogens is 1. The molecular formula is C13H16FN3O3S. The first-order chi connectivity index (χ1) is 10.00. The van der Waals surface area contributed by atoms with E-state index in [1.54, 1.807) is 19.1 Å². The summed E-state index contributed by atoms with van der Waals surface area (Å²) in [7, 11) is -3.23. The third kappa shape index (κ3) is 4.61. The van der Waals surface area contributed by atoms with Crippen molar-refractivity contribution in [1.82, 2.24) is 14.9 Å². The summed E-state index contributed by atoms with van der Waals surface area (Å²) in [6.45, 7) is 2.00. The predicted octanol–water partition coefficient (Wildman–Crippen LogP) is 1.75. The van der Waals surface area contributed by atoms with Gasteiger partial charge in [-0.2, -0.15) is 4.98 Å². The highest BCUT2D eigenvalue weighted by atomic mass is 32.2. The van der Waals surface area contributed by atoms with Gasteiger partial charge in [0.2, 0.25) is 21.7 Å². The Kier molecular flexibility index (Phi) is 5.03. The quantitative estimate of drug-likeness (QED) is 0.841. The monoisotopic (exact) mass is 313 g/mol. The van der Waals surface area contributed by atoms with Crippen molar-refractivity contribution in [3.8, 4) is 11.4 Å². The third-order valence-corrected chi connectivity index (χ3v) is 4.29. The molecule has 0 aliphatic rings. The SMILES string of the molecule is CCCS(=O)(=O)NCCc1nc(-c2ccc(F)cc2)no1. The summed E-state index contributed by atoms with van der Waals surface area (Å²) < 4.78 is 43.2. The zero-order valence-corrected chi connectivity index (χ0v) is 12.4. The van der Waals surface area contributed by atoms with Crippen molar-refractivity contribution in [1.29, 1.82) is 0 Å². The normalized spacial score (nSPS) is 11.7. The molecule has 114 valence electrons. The zero-order valence-electron chi connectivity index (χ0n) is 11.5. The van der Waals surface area contributed by atoms with Gasteiger partial charge >= 0.3 is 0 Å². The van der Waals surface area contributed by atoms with Gasteiger partial charge in [-0.1, -0.05) is 12.1 Å². The van der Waals surface area contributed by atoms with Crippen LogP contribution in [0.5, 0.6) is 0 Å². The van der Waals surface area contributed by atoms with Gasteiger partial charge in [0, 0.05) is 18.5 Å². The topological polar surface area (TPSA) is 85.1 Å². The molecule has 0 saturated heterocycles. The molecule has 0 atom stereocenters. The minimum Gasteiger partial charge on any atom is -0.339 e. The van der Waals surface area contributed by atoms with E-state index in [0.29, 0.717) is 30.1 Å². The van der Waals surface area contributed by atoms with Crippen LogP contribution in [0.3, 0.4) is 0 Å². The lowest BCUT2D eigenvalue weighted by Gasteiger charge is -2.02. The van der Waals surface area contributed by atoms with E-state index in [9.17, 15) is 12.8 Å². The second kappa shape index (κ2) is 6.77. The number of aromatic nitrogens is 2. The maximum atomic E-state index is 12.8. The van der Waals surface area contributed by atoms with E-state index in [0.717, 1.165) is 0 Å². The maximum absolute atomic E-state index is 12.8. The van der Waals surface area contributed by atoms with Gasteiger partial charge in [-0.15, -0.1) is 0 Å². The first-order valence-corrected chi connectivity index (χ1v) is 8.21. The second-order valence-electron chi connectivity index (χ2n) is 4.48. The van der Waals surface area contributed by atoms with E-state index in [-0.39, 0.29) is 18.1 Å². The van der Waals surface area contributed by atoms with Crippen molar-refractivity contribution in [3.05, 3.63) is 36.0 Å². The van der Waals surface area contributed by atoms with Crippen LogP contribution in [0.1, 0.15) is 19.2 Å². The number of hydrogen-bond acceptors (Lipinski definition) is 5. The Morgan fingerprint density at radius 3 is 2.67 bits per heavy atom. The Labute approximate surface area is 122 Å². The lowest BCUT2D eigenvalue weighted by atomic mass is 10.2. The summed E-state index contributed by atoms with van der Waals surface area (Å²) in [5, 5.41) is 3.78. The summed E-state index contributed by atoms with van der Waals surface area (Å²) in [6, 6.07) is 5.72. The molecule has 0 spiro atoms. The molecule has 0 aliphatic heterocycles. The third-order valence-electron chi connectivity index (χ3n) is 2.70. The summed E-state index contributed by atoms with van der Waals surface area (Å²) >= 11 is 0. The standard InChI is InChI=1S/C13H16FN3O3S/c1-2-9-21(18,19)15-8-7-12-16-13(17-20-12)10-3-5-11(14)6-4-10/h3-6,15H,2,7-9H2,1H3. The summed E-state index contributed by atoms with van der Waals surface area (Å²) in [6.07, 6.45) is 0.863. The van der Waals surface area contributed by atoms with Gasteiger partial charge in [0.15, 0.2) is 0 Å². The largest absolute Gasteiger partial charge is 0.339 e. The Morgan fingerprint density at radius 1 is 1.29 bits per heavy atom. The van der Waals surface area contributed by atoms with Gasteiger partial charge in [0.1, 0.15) is 5.82 Å². The number of hydrogen-bond donors (Lipinski definition) is 1. The van der Waals surface area contributed by atoms with Gasteiger partial charge in [-0.05, 0) is 30.7 Å². The Bertz CT molecular complexity index is 683. The molecule has 1 aromatic heterocycles. The molecular weight excluding hydrogens is 297 g/mol. The van der Waals surface area contributed by atoms with Crippen LogP contribution in [0, 0.1) is 5.82 Å². The molecule has 21 heavy (non-hydrogen) atoms. The molecule has 0 unspecified atom stereocenters. The van der Waals surface area contributed by atoms with Crippen LogP contribution >= 0.6 is 0 Å². The Hall–Kier alpha value is -1.80. The van der Waals surface area contributed by atoms with Gasteiger partial charge in [0.25, 0.3) is 0 Å². The molecule has 0 saturated carbocycles. The van der Waals surface area contributed by atoms with Crippen LogP contribution in [-0.2, 0) is 16.4 Å². The molecule has 2 aromatic rings. The molecule has 6 nitrogen and oxygen atoms in total. The van der Waals surface area contributed by atoms with Gasteiger partial charge in [-0.25, -0.2) is 17.5 Å². The van der Waals surface area contributed by atoms with Crippen LogP contribution in [0.4, 0.5) is 4.39 Å². The van der Waals surface area contributed by atoms with Gasteiger partial charge in [-0.3, -0.25) is 0 Å². The molecule has 0 radical (unpaired) electrons. The van der Waals surface area contributed by atoms with Crippen LogP contribution in [0.2, 0.25) is 0 Å². The predicted molar refractivity (Wildman–Crippen MR) is 75.5 cm³/mol. The van der Waals surface area contributed by atoms with E-state index in [1.807, 2.05) is 0 Å². The minimum atomic E-state index is -3.23. The average Bonchev–Trinajstić information content (AvgIpc) is 2.88. The number of rotatable bonds is 7. The second-order valence-corrected chi connectivity index (χ2v) is 6.41. The lowest BCUT2D eigenvalue weighted by molar-refractivity contribution is 0.379. The van der Waals surface area contributed by atoms with Crippen molar-refractivity contribution < 1.29 is 17.3 Å². The van der Waals surface area contributed by atoms with Crippen LogP contribution in [0.15, 0.2) is 28.8 Å². The van der Waals surface area contributed by atoms with E-state index in [2.05, 4.69) is 14.9 Å². The van der Waals surface area contributed by atoms with Gasteiger partial charge < -0.3 is 4.52 Å². The number of benzene rings is 1. The highest BCUT2D eigenvalue weighted by Gasteiger charge is 2.11. The first-order valence-electron chi connectivity index (χ1n) is 6.56. The highest BCUT2D eigenvalue weighted by Crippen LogP contribution is 2.16. The lowest BCUT2D eigenvalue weighted by Crippen LogP contribution is -2.28. The smallest absolute Gasteiger partial charge is 0.228 e. The Morgan fingerprint density at radius 2 is 2.00 bits per heavy atom. The molecule has 0 amide bonds. The summed E-state index contributed by atoms with van der Waals surface area (Å²) in [5.41, 5.74) is 0.637. The van der Waals surface area contributed by atoms with E-state index in [4.69, 9.17) is 4.52 Å². The molecule has 0 aliphatic carbocycles. The van der Waals surface area contributed by atoms with Crippen molar-refractivity contribution in [2.75, 3.05) is 12.3 Å². The van der Waals surface area contributed by atoms with Crippen LogP contribution < -0.4 is 4.72 Å². The fraction of sp³-hybridized carbons (Fsp3) is 0.385. The molecule has 1 N–H and O–H groups in total. The van der Waals surface area contributed by atoms with Crippen molar-refractivity contribution in [3.63, 3.8) is 0 Å². The van der Waals surface area contributed by atoms with E-state index >= 15 is 0 Å². The Balaban J connectivity index is 1.93. The van der Waals surface area contributed by atoms with Crippen molar-refractivity contribution in [2.45, 2.75) is 19.8 Å². The number of nitrogens with one attached hydrogen (secondary N) is 1. The molecule has 0 bridgehead atoms. The average molecular weight is 313 g/mol. The first kappa shape index (κ1) is 15.6. The van der Waals surface area contributed by atoms with E-state index < -0.39 is 10.0 Å². The minimum absolute atomic E-state index is 0.0949. The fourth-order valence-electron chi connectivity index (χ4n) is 1.73. The molecule has 0 fully saturated rings. The zero-order chi connectivity index (χ0) is 15.3. The van der Waals surface area contributed by atoms with Gasteiger partial charge in [0.05, 0.1) is 5.75 Å². The van der Waals surface area contributed by atoms with Crippen molar-refractivity contribution >= 4 is 10.0 Å². The molecule has 8 heteroatoms. The molecule has 1 aromatic carbocycles. The fourth-order valence-corrected chi connectivity index (χ4v) is 2.82.